The Kier molecular flexibility index (Phi) is 34.2. The van der Waals surface area contributed by atoms with E-state index in [1.165, 1.54) is 65.8 Å². The van der Waals surface area contributed by atoms with Crippen LogP contribution in [0.25, 0.3) is 0 Å². The molecule has 8 heterocycles. The molecule has 0 spiro atoms. The molecule has 8 aliphatic heterocycles. The number of esters is 3. The monoisotopic (exact) mass is 1950 g/mol. The minimum atomic E-state index is -2.25. The maximum absolute atomic E-state index is 16.8. The van der Waals surface area contributed by atoms with Crippen molar-refractivity contribution in [3.63, 3.8) is 0 Å². The second kappa shape index (κ2) is 42.8. The Balaban J connectivity index is 0.793. The number of allylic oxidation sites excluding steroid dienone is 4. The zero-order chi connectivity index (χ0) is 99.8. The Labute approximate surface area is 789 Å². The molecule has 13 aliphatic rings. The third kappa shape index (κ3) is 21.7. The number of aliphatic hydroxyl groups excluding tert-OH is 19. The number of rotatable bonds is 30. The Bertz CT molecular complexity index is 4170. The quantitative estimate of drug-likeness (QED) is 0.0114. The van der Waals surface area contributed by atoms with Crippen LogP contribution in [0.3, 0.4) is 0 Å². The molecule has 42 nitrogen and oxygen atoms in total. The second-order valence-electron chi connectivity index (χ2n) is 42.6. The first-order chi connectivity index (χ1) is 63.6. The van der Waals surface area contributed by atoms with E-state index in [0.717, 1.165) is 5.57 Å². The first-order valence-electron chi connectivity index (χ1n) is 47.5. The molecule has 12 fully saturated rings. The molecule has 13 rings (SSSR count). The van der Waals surface area contributed by atoms with Crippen molar-refractivity contribution >= 4 is 17.9 Å². The summed E-state index contributed by atoms with van der Waals surface area (Å²) < 4.78 is 110. The van der Waals surface area contributed by atoms with Crippen LogP contribution in [0.5, 0.6) is 0 Å². The summed E-state index contributed by atoms with van der Waals surface area (Å²) in [7, 11) is 0. The van der Waals surface area contributed by atoms with E-state index in [1.54, 1.807) is 0 Å². The first-order valence-corrected chi connectivity index (χ1v) is 47.5. The molecule has 47 unspecified atom stereocenters. The molecule has 8 saturated heterocycles. The fourth-order valence-electron chi connectivity index (χ4n) is 23.3. The van der Waals surface area contributed by atoms with E-state index in [2.05, 4.69) is 67.7 Å². The van der Waals surface area contributed by atoms with E-state index in [1.807, 2.05) is 0 Å². The van der Waals surface area contributed by atoms with Gasteiger partial charge in [-0.25, -0.2) is 9.59 Å². The van der Waals surface area contributed by atoms with Gasteiger partial charge < -0.3 is 193 Å². The molecule has 0 aromatic rings. The highest BCUT2D eigenvalue weighted by Crippen LogP contribution is 2.76. The number of hydrogen-bond donors (Lipinski definition) is 21. The summed E-state index contributed by atoms with van der Waals surface area (Å²) in [4.78, 5) is 45.7. The summed E-state index contributed by atoms with van der Waals surface area (Å²) in [5, 5.41) is 237. The largest absolute Gasteiger partial charge is 0.453 e. The maximum Gasteiger partial charge on any atom is 0.333 e. The third-order valence-electron chi connectivity index (χ3n) is 32.4. The van der Waals surface area contributed by atoms with Crippen LogP contribution in [0.2, 0.25) is 0 Å². The predicted molar refractivity (Wildman–Crippen MR) is 463 cm³/mol. The fourth-order valence-corrected chi connectivity index (χ4v) is 23.3. The van der Waals surface area contributed by atoms with Crippen LogP contribution in [0.4, 0.5) is 0 Å². The number of carbonyl (C=O) groups excluding carboxylic acids is 3. The number of carbonyl (C=O) groups is 3. The minimum Gasteiger partial charge on any atom is -0.453 e. The zero-order valence-corrected chi connectivity index (χ0v) is 79.4. The average Bonchev–Trinajstić information content (AvgIpc) is 0.668. The van der Waals surface area contributed by atoms with Gasteiger partial charge in [0.15, 0.2) is 62.3 Å². The Morgan fingerprint density at radius 1 is 0.441 bits per heavy atom. The van der Waals surface area contributed by atoms with E-state index < -0.39 is 341 Å². The van der Waals surface area contributed by atoms with Crippen LogP contribution in [0, 0.1) is 50.2 Å². The standard InChI is InChI=1S/C94H148O42/c1-16-89(11,117)26-18-20-40(3)76(114)130-72-61(105)51(39-124-84-74(63(107)56(100)42(5)125-84)131-77(115)41(4)21-19-27-90(12,118)17-2)128-85(75(72)135-81-68(112)64(108)70(43(6)126-81)132-80-69(113)71(49(98)37-121-80)133-78-65(109)57(101)46(95)34-119-78)136-86(116)94-31-30-87(7,8)32-45(94)44-22-23-53-91(13)28-25-55(88(9,10)52(91)24-29-92(53,14)93(44,15)33-54(94)99)129-82-67(111)62(106)60(104)50(127-82)38-123-83-73(59(103)48(97)36-122-83)134-79-66(110)58(102)47(96)35-120-79/h16-17,20-22,42-43,45-75,78-85,95-113,117-118H,1-2,18-19,23-39H2,3-15H3/b40-20+,41-21+. The molecular weight excluding hydrogens is 1800 g/mol. The number of aliphatic hydroxyl groups is 21. The van der Waals surface area contributed by atoms with E-state index >= 15 is 4.79 Å². The zero-order valence-electron chi connectivity index (χ0n) is 79.4. The second-order valence-corrected chi connectivity index (χ2v) is 42.6. The highest BCUT2D eigenvalue weighted by Gasteiger charge is 2.73. The van der Waals surface area contributed by atoms with Crippen molar-refractivity contribution in [2.45, 2.75) is 418 Å². The van der Waals surface area contributed by atoms with Crippen LogP contribution < -0.4 is 0 Å². The van der Waals surface area contributed by atoms with Crippen LogP contribution in [-0.4, -0.2) is 409 Å². The molecule has 0 radical (unpaired) electrons. The van der Waals surface area contributed by atoms with E-state index in [9.17, 15) is 117 Å². The average molecular weight is 1950 g/mol. The molecule has 21 N–H and O–H groups in total. The van der Waals surface area contributed by atoms with E-state index in [0.29, 0.717) is 44.9 Å². The lowest BCUT2D eigenvalue weighted by atomic mass is 9.33. The van der Waals surface area contributed by atoms with Crippen molar-refractivity contribution in [2.75, 3.05) is 39.6 Å². The molecule has 0 amide bonds. The molecule has 0 aromatic carbocycles. The van der Waals surface area contributed by atoms with Gasteiger partial charge in [0.1, 0.15) is 146 Å². The lowest BCUT2D eigenvalue weighted by molar-refractivity contribution is -0.381. The molecule has 136 heavy (non-hydrogen) atoms. The molecule has 776 valence electrons. The predicted octanol–water partition coefficient (Wildman–Crippen LogP) is -2.73. The molecule has 47 atom stereocenters. The maximum atomic E-state index is 16.8. The fraction of sp³-hybridized carbons (Fsp3) is 0.862. The van der Waals surface area contributed by atoms with Gasteiger partial charge >= 0.3 is 17.9 Å². The van der Waals surface area contributed by atoms with Crippen molar-refractivity contribution in [3.05, 3.63) is 60.3 Å². The number of ether oxygens (including phenoxy) is 18. The Hall–Kier alpha value is -4.33. The summed E-state index contributed by atoms with van der Waals surface area (Å²) in [6, 6.07) is 0. The summed E-state index contributed by atoms with van der Waals surface area (Å²) in [5.41, 5.74) is -6.90. The number of fused-ring (bicyclic) bond motifs is 7. The lowest BCUT2D eigenvalue weighted by Gasteiger charge is -2.71. The Morgan fingerprint density at radius 2 is 0.919 bits per heavy atom. The van der Waals surface area contributed by atoms with Gasteiger partial charge in [0, 0.05) is 11.1 Å². The van der Waals surface area contributed by atoms with Crippen LogP contribution in [0.1, 0.15) is 173 Å². The van der Waals surface area contributed by atoms with Gasteiger partial charge in [0.2, 0.25) is 6.29 Å². The van der Waals surface area contributed by atoms with Crippen molar-refractivity contribution in [2.24, 2.45) is 50.2 Å². The van der Waals surface area contributed by atoms with E-state index in [-0.39, 0.29) is 61.5 Å². The van der Waals surface area contributed by atoms with Gasteiger partial charge in [-0.3, -0.25) is 4.79 Å². The SMILES string of the molecule is C=CC(C)(O)CC/C=C(\C)C(=O)OC1C(OCC2OC(OC(=O)C34CCC(C)(C)CC3C3=CCC5C6(C)CCC(OC7OC(COC8OCC(O)C(O)C8OC8OCC(O)C(O)C8O)C(O)C(O)C7O)C(C)(C)C6CCC5(C)C3(C)CC4O)C(OC3OC(C)C(OC4OCC(O)C(OC5OCC(O)C(O)C5O)C4O)C(O)C3O)C(OC(=O)/C(C)=C/CCC(C)(O)C=C)C2O)OC(C)C(O)C1O. The van der Waals surface area contributed by atoms with Gasteiger partial charge in [0.25, 0.3) is 0 Å². The number of hydrogen-bond acceptors (Lipinski definition) is 42. The summed E-state index contributed by atoms with van der Waals surface area (Å²) in [6.07, 6.45) is -54.4. The van der Waals surface area contributed by atoms with Crippen LogP contribution in [0.15, 0.2) is 60.3 Å². The van der Waals surface area contributed by atoms with E-state index in [4.69, 9.17) is 85.3 Å². The Morgan fingerprint density at radius 3 is 1.51 bits per heavy atom. The summed E-state index contributed by atoms with van der Waals surface area (Å²) in [5.74, 6) is -4.17. The highest BCUT2D eigenvalue weighted by atomic mass is 16.8. The first kappa shape index (κ1) is 109. The topological polar surface area (TPSA) is 642 Å². The van der Waals surface area contributed by atoms with Crippen molar-refractivity contribution in [1.29, 1.82) is 0 Å². The molecular formula is C94H148O42. The molecule has 4 saturated carbocycles. The third-order valence-corrected chi connectivity index (χ3v) is 32.4. The van der Waals surface area contributed by atoms with Gasteiger partial charge in [-0.15, -0.1) is 13.2 Å². The van der Waals surface area contributed by atoms with Gasteiger partial charge in [0.05, 0.1) is 75.3 Å². The van der Waals surface area contributed by atoms with Gasteiger partial charge in [-0.05, 0) is 170 Å². The smallest absolute Gasteiger partial charge is 0.333 e. The van der Waals surface area contributed by atoms with Crippen molar-refractivity contribution in [1.82, 2.24) is 0 Å². The highest BCUT2D eigenvalue weighted by molar-refractivity contribution is 5.88. The molecule has 0 aromatic heterocycles. The lowest BCUT2D eigenvalue weighted by Crippen LogP contribution is -2.69. The normalized spacial score (nSPS) is 48.5. The van der Waals surface area contributed by atoms with Crippen molar-refractivity contribution in [3.8, 4) is 0 Å². The van der Waals surface area contributed by atoms with Gasteiger partial charge in [-0.2, -0.15) is 0 Å². The summed E-state index contributed by atoms with van der Waals surface area (Å²) in [6.45, 7) is 27.4. The molecule has 5 aliphatic carbocycles. The minimum absolute atomic E-state index is 0.000951. The van der Waals surface area contributed by atoms with Crippen LogP contribution in [-0.2, 0) is 99.6 Å². The molecule has 0 bridgehead atoms. The van der Waals surface area contributed by atoms with Crippen molar-refractivity contribution < 1.29 is 207 Å². The molecule has 42 heteroatoms. The summed E-state index contributed by atoms with van der Waals surface area (Å²) >= 11 is 0. The van der Waals surface area contributed by atoms with Gasteiger partial charge in [-0.1, -0.05) is 84.4 Å². The van der Waals surface area contributed by atoms with Crippen LogP contribution >= 0.6 is 0 Å².